The van der Waals surface area contributed by atoms with Crippen molar-refractivity contribution >= 4 is 5.91 Å². The predicted octanol–water partition coefficient (Wildman–Crippen LogP) is 2.01. The highest BCUT2D eigenvalue weighted by atomic mass is 16.5. The Kier molecular flexibility index (Phi) is 5.41. The monoisotopic (exact) mass is 276 g/mol. The molecule has 1 aromatic carbocycles. The number of nitrogens with two attached hydrogens (primary N) is 1. The molecule has 0 aliphatic heterocycles. The summed E-state index contributed by atoms with van der Waals surface area (Å²) in [4.78, 5) is 11.6. The Bertz CT molecular complexity index is 444. The van der Waals surface area contributed by atoms with Gasteiger partial charge >= 0.3 is 0 Å². The van der Waals surface area contributed by atoms with E-state index < -0.39 is 0 Å². The van der Waals surface area contributed by atoms with Gasteiger partial charge in [-0.05, 0) is 43.7 Å². The normalized spacial score (nSPS) is 15.7. The number of para-hydroxylation sites is 1. The van der Waals surface area contributed by atoms with Crippen LogP contribution >= 0.6 is 0 Å². The van der Waals surface area contributed by atoms with Gasteiger partial charge in [0.15, 0.2) is 0 Å². The summed E-state index contributed by atoms with van der Waals surface area (Å²) in [6.07, 6.45) is 3.63. The number of ether oxygens (including phenoxy) is 1. The first-order valence-electron chi connectivity index (χ1n) is 7.37. The molecular weight excluding hydrogens is 252 g/mol. The van der Waals surface area contributed by atoms with Crippen LogP contribution < -0.4 is 15.8 Å². The molecule has 1 fully saturated rings. The third-order valence-electron chi connectivity index (χ3n) is 3.66. The molecule has 4 heteroatoms. The fourth-order valence-corrected chi connectivity index (χ4v) is 2.14. The van der Waals surface area contributed by atoms with Crippen molar-refractivity contribution in [3.63, 3.8) is 0 Å². The van der Waals surface area contributed by atoms with Gasteiger partial charge in [-0.3, -0.25) is 4.79 Å². The molecule has 1 aliphatic carbocycles. The molecule has 1 atom stereocenters. The second-order valence-electron chi connectivity index (χ2n) is 5.52. The molecule has 0 bridgehead atoms. The van der Waals surface area contributed by atoms with Gasteiger partial charge < -0.3 is 15.8 Å². The molecule has 20 heavy (non-hydrogen) atoms. The van der Waals surface area contributed by atoms with Crippen molar-refractivity contribution in [1.29, 1.82) is 0 Å². The van der Waals surface area contributed by atoms with E-state index in [9.17, 15) is 4.79 Å². The van der Waals surface area contributed by atoms with E-state index in [1.807, 2.05) is 31.2 Å². The zero-order valence-corrected chi connectivity index (χ0v) is 12.1. The quantitative estimate of drug-likeness (QED) is 0.714. The van der Waals surface area contributed by atoms with Crippen LogP contribution in [-0.2, 0) is 4.79 Å². The summed E-state index contributed by atoms with van der Waals surface area (Å²) in [5.41, 5.74) is 7.05. The van der Waals surface area contributed by atoms with E-state index in [0.29, 0.717) is 25.5 Å². The van der Waals surface area contributed by atoms with Gasteiger partial charge in [-0.2, -0.15) is 0 Å². The van der Waals surface area contributed by atoms with Crippen LogP contribution in [0.15, 0.2) is 24.3 Å². The van der Waals surface area contributed by atoms with E-state index >= 15 is 0 Å². The van der Waals surface area contributed by atoms with Crippen molar-refractivity contribution in [1.82, 2.24) is 5.32 Å². The number of nitrogens with one attached hydrogen (secondary N) is 1. The molecule has 1 saturated carbocycles. The van der Waals surface area contributed by atoms with Gasteiger partial charge in [0.2, 0.25) is 5.91 Å². The maximum Gasteiger partial charge on any atom is 0.220 e. The van der Waals surface area contributed by atoms with Crippen LogP contribution in [0.25, 0.3) is 0 Å². The maximum atomic E-state index is 11.6. The second kappa shape index (κ2) is 7.29. The number of carbonyl (C=O) groups excluding carboxylic acids is 1. The average molecular weight is 276 g/mol. The number of hydrogen-bond donors (Lipinski definition) is 2. The van der Waals surface area contributed by atoms with Gasteiger partial charge in [-0.15, -0.1) is 0 Å². The largest absolute Gasteiger partial charge is 0.493 e. The lowest BCUT2D eigenvalue weighted by atomic mass is 10.2. The summed E-state index contributed by atoms with van der Waals surface area (Å²) in [5.74, 6) is 1.58. The van der Waals surface area contributed by atoms with Gasteiger partial charge in [0.25, 0.3) is 0 Å². The summed E-state index contributed by atoms with van der Waals surface area (Å²) in [7, 11) is 0. The van der Waals surface area contributed by atoms with Crippen molar-refractivity contribution < 1.29 is 9.53 Å². The Hall–Kier alpha value is -1.55. The number of hydrogen-bond acceptors (Lipinski definition) is 3. The molecule has 0 heterocycles. The average Bonchev–Trinajstić information content (AvgIpc) is 3.27. The highest BCUT2D eigenvalue weighted by molar-refractivity contribution is 5.75. The lowest BCUT2D eigenvalue weighted by Crippen LogP contribution is -2.38. The van der Waals surface area contributed by atoms with E-state index in [4.69, 9.17) is 10.5 Å². The van der Waals surface area contributed by atoms with Crippen LogP contribution in [0, 0.1) is 12.8 Å². The molecule has 0 saturated heterocycles. The Morgan fingerprint density at radius 3 is 2.90 bits per heavy atom. The third kappa shape index (κ3) is 4.85. The number of benzene rings is 1. The molecule has 1 aromatic rings. The Morgan fingerprint density at radius 1 is 1.45 bits per heavy atom. The topological polar surface area (TPSA) is 64.3 Å². The predicted molar refractivity (Wildman–Crippen MR) is 79.6 cm³/mol. The number of carbonyl (C=O) groups is 1. The lowest BCUT2D eigenvalue weighted by molar-refractivity contribution is -0.121. The van der Waals surface area contributed by atoms with E-state index in [-0.39, 0.29) is 11.9 Å². The second-order valence-corrected chi connectivity index (χ2v) is 5.52. The van der Waals surface area contributed by atoms with E-state index in [0.717, 1.165) is 17.7 Å². The van der Waals surface area contributed by atoms with Crippen molar-refractivity contribution in [2.75, 3.05) is 13.2 Å². The highest BCUT2D eigenvalue weighted by Crippen LogP contribution is 2.31. The Balaban J connectivity index is 1.56. The maximum absolute atomic E-state index is 11.6. The summed E-state index contributed by atoms with van der Waals surface area (Å²) in [6.45, 7) is 3.18. The summed E-state index contributed by atoms with van der Waals surface area (Å²) in [6, 6.07) is 8.03. The molecule has 1 unspecified atom stereocenters. The van der Waals surface area contributed by atoms with Crippen LogP contribution in [0.5, 0.6) is 5.75 Å². The van der Waals surface area contributed by atoms with Crippen LogP contribution in [0.1, 0.15) is 31.2 Å². The van der Waals surface area contributed by atoms with Gasteiger partial charge in [0, 0.05) is 19.0 Å². The Labute approximate surface area is 120 Å². The lowest BCUT2D eigenvalue weighted by Gasteiger charge is -2.12. The van der Waals surface area contributed by atoms with Crippen molar-refractivity contribution in [3.8, 4) is 5.75 Å². The minimum Gasteiger partial charge on any atom is -0.493 e. The minimum absolute atomic E-state index is 0.0643. The van der Waals surface area contributed by atoms with Crippen LogP contribution in [0.2, 0.25) is 0 Å². The minimum atomic E-state index is 0.0643. The fraction of sp³-hybridized carbons (Fsp3) is 0.562. The Morgan fingerprint density at radius 2 is 2.20 bits per heavy atom. The molecule has 0 aromatic heterocycles. The van der Waals surface area contributed by atoms with Crippen LogP contribution in [0.3, 0.4) is 0 Å². The van der Waals surface area contributed by atoms with Crippen molar-refractivity contribution in [2.24, 2.45) is 11.7 Å². The molecule has 3 N–H and O–H groups in total. The fourth-order valence-electron chi connectivity index (χ4n) is 2.14. The van der Waals surface area contributed by atoms with Crippen LogP contribution in [-0.4, -0.2) is 25.1 Å². The summed E-state index contributed by atoms with van der Waals surface area (Å²) >= 11 is 0. The molecule has 0 radical (unpaired) electrons. The van der Waals surface area contributed by atoms with E-state index in [1.165, 1.54) is 12.8 Å². The highest BCUT2D eigenvalue weighted by Gasteiger charge is 2.28. The van der Waals surface area contributed by atoms with Crippen molar-refractivity contribution in [2.45, 2.75) is 38.6 Å². The molecule has 4 nitrogen and oxygen atoms in total. The number of aryl methyl sites for hydroxylation is 1. The summed E-state index contributed by atoms with van der Waals surface area (Å²) < 4.78 is 5.66. The van der Waals surface area contributed by atoms with E-state index in [1.54, 1.807) is 0 Å². The van der Waals surface area contributed by atoms with Gasteiger partial charge in [-0.25, -0.2) is 0 Å². The third-order valence-corrected chi connectivity index (χ3v) is 3.66. The smallest absolute Gasteiger partial charge is 0.220 e. The van der Waals surface area contributed by atoms with E-state index in [2.05, 4.69) is 5.32 Å². The molecule has 1 aliphatic rings. The van der Waals surface area contributed by atoms with Gasteiger partial charge in [-0.1, -0.05) is 18.2 Å². The molecular formula is C16H24N2O2. The molecule has 2 rings (SSSR count). The SMILES string of the molecule is Cc1ccccc1OCCCC(=O)NCC(N)C1CC1. The molecule has 1 amide bonds. The summed E-state index contributed by atoms with van der Waals surface area (Å²) in [5, 5.41) is 2.89. The van der Waals surface area contributed by atoms with Gasteiger partial charge in [0.05, 0.1) is 6.61 Å². The first-order valence-corrected chi connectivity index (χ1v) is 7.37. The standard InChI is InChI=1S/C16H24N2O2/c1-12-5-2-3-6-15(12)20-10-4-7-16(19)18-11-14(17)13-8-9-13/h2-3,5-6,13-14H,4,7-11,17H2,1H3,(H,18,19). The van der Waals surface area contributed by atoms with Crippen LogP contribution in [0.4, 0.5) is 0 Å². The first kappa shape index (κ1) is 14.9. The number of amides is 1. The zero-order valence-electron chi connectivity index (χ0n) is 12.1. The molecule has 110 valence electrons. The number of rotatable bonds is 8. The zero-order chi connectivity index (χ0) is 14.4. The first-order chi connectivity index (χ1) is 9.66. The van der Waals surface area contributed by atoms with Gasteiger partial charge in [0.1, 0.15) is 5.75 Å². The van der Waals surface area contributed by atoms with Crippen molar-refractivity contribution in [3.05, 3.63) is 29.8 Å². The molecule has 0 spiro atoms.